The molecule has 0 spiro atoms. The fourth-order valence-corrected chi connectivity index (χ4v) is 2.06. The van der Waals surface area contributed by atoms with Crippen LogP contribution in [0.25, 0.3) is 11.1 Å². The van der Waals surface area contributed by atoms with E-state index in [-0.39, 0.29) is 11.1 Å². The van der Waals surface area contributed by atoms with E-state index in [9.17, 15) is 31.1 Å². The van der Waals surface area contributed by atoms with Crippen LogP contribution >= 0.6 is 0 Å². The molecule has 2 rings (SSSR count). The first-order valence-electron chi connectivity index (χ1n) is 6.61. The van der Waals surface area contributed by atoms with Crippen LogP contribution in [-0.4, -0.2) is 22.4 Å². The van der Waals surface area contributed by atoms with E-state index in [4.69, 9.17) is 5.11 Å². The Hall–Kier alpha value is -2.78. The number of aromatic nitrogens is 1. The number of alkyl halides is 6. The first-order valence-corrected chi connectivity index (χ1v) is 6.61. The third-order valence-electron chi connectivity index (χ3n) is 2.96. The molecule has 1 N–H and O–H groups in total. The van der Waals surface area contributed by atoms with Crippen LogP contribution in [-0.2, 0) is 17.4 Å². The van der Waals surface area contributed by atoms with Crippen LogP contribution < -0.4 is 4.74 Å². The van der Waals surface area contributed by atoms with Gasteiger partial charge in [0.15, 0.2) is 0 Å². The summed E-state index contributed by atoms with van der Waals surface area (Å²) in [6, 6.07) is 6.02. The Bertz CT molecular complexity index is 786. The molecule has 0 aliphatic rings. The standard InChI is InChI=1S/C15H9F6NO3/c16-14(17,18)12-5-4-10(11(22-12)7-13(23)24)8-2-1-3-9(6-8)25-15(19,20)21/h1-6H,7H2,(H,23,24). The fraction of sp³-hybridized carbons (Fsp3) is 0.200. The molecule has 0 unspecified atom stereocenters. The lowest BCUT2D eigenvalue weighted by atomic mass is 10.0. The van der Waals surface area contributed by atoms with E-state index in [0.29, 0.717) is 6.07 Å². The number of carboxylic acid groups (broad SMARTS) is 1. The Labute approximate surface area is 136 Å². The van der Waals surface area contributed by atoms with Gasteiger partial charge in [-0.3, -0.25) is 4.79 Å². The molecule has 0 saturated carbocycles. The van der Waals surface area contributed by atoms with Crippen LogP contribution in [0.3, 0.4) is 0 Å². The Morgan fingerprint density at radius 1 is 1.08 bits per heavy atom. The lowest BCUT2D eigenvalue weighted by Crippen LogP contribution is -2.17. The average molecular weight is 365 g/mol. The number of carbonyl (C=O) groups is 1. The van der Waals surface area contributed by atoms with Crippen molar-refractivity contribution >= 4 is 5.97 Å². The highest BCUT2D eigenvalue weighted by Crippen LogP contribution is 2.33. The number of hydrogen-bond acceptors (Lipinski definition) is 3. The van der Waals surface area contributed by atoms with Crippen molar-refractivity contribution in [2.24, 2.45) is 0 Å². The first-order chi connectivity index (χ1) is 11.5. The lowest BCUT2D eigenvalue weighted by molar-refractivity contribution is -0.274. The summed E-state index contributed by atoms with van der Waals surface area (Å²) in [5.74, 6) is -2.03. The highest BCUT2D eigenvalue weighted by molar-refractivity contribution is 5.76. The van der Waals surface area contributed by atoms with Crippen LogP contribution in [0, 0.1) is 0 Å². The quantitative estimate of drug-likeness (QED) is 0.821. The molecule has 134 valence electrons. The summed E-state index contributed by atoms with van der Waals surface area (Å²) in [4.78, 5) is 14.2. The van der Waals surface area contributed by atoms with Gasteiger partial charge in [0.1, 0.15) is 11.4 Å². The van der Waals surface area contributed by atoms with E-state index in [2.05, 4.69) is 9.72 Å². The molecule has 0 amide bonds. The molecule has 0 fully saturated rings. The highest BCUT2D eigenvalue weighted by Gasteiger charge is 2.33. The zero-order valence-corrected chi connectivity index (χ0v) is 12.1. The zero-order chi connectivity index (χ0) is 18.8. The van der Waals surface area contributed by atoms with Crippen LogP contribution in [0.15, 0.2) is 36.4 Å². The minimum atomic E-state index is -4.94. The van der Waals surface area contributed by atoms with Gasteiger partial charge in [0.05, 0.1) is 12.1 Å². The third-order valence-corrected chi connectivity index (χ3v) is 2.96. The van der Waals surface area contributed by atoms with Gasteiger partial charge in [-0.25, -0.2) is 4.98 Å². The van der Waals surface area contributed by atoms with Gasteiger partial charge in [-0.05, 0) is 23.8 Å². The van der Waals surface area contributed by atoms with Crippen molar-refractivity contribution < 1.29 is 41.0 Å². The van der Waals surface area contributed by atoms with E-state index >= 15 is 0 Å². The summed E-state index contributed by atoms with van der Waals surface area (Å²) < 4.78 is 78.8. The SMILES string of the molecule is O=C(O)Cc1nc(C(F)(F)F)ccc1-c1cccc(OC(F)(F)F)c1. The van der Waals surface area contributed by atoms with Crippen molar-refractivity contribution in [2.75, 3.05) is 0 Å². The van der Waals surface area contributed by atoms with Gasteiger partial charge < -0.3 is 9.84 Å². The van der Waals surface area contributed by atoms with Crippen LogP contribution in [0.4, 0.5) is 26.3 Å². The van der Waals surface area contributed by atoms with Crippen molar-refractivity contribution in [1.82, 2.24) is 4.98 Å². The Morgan fingerprint density at radius 2 is 1.76 bits per heavy atom. The summed E-state index contributed by atoms with van der Waals surface area (Å²) in [5, 5.41) is 8.84. The maximum absolute atomic E-state index is 12.7. The van der Waals surface area contributed by atoms with Crippen molar-refractivity contribution in [1.29, 1.82) is 0 Å². The number of pyridine rings is 1. The monoisotopic (exact) mass is 365 g/mol. The predicted octanol–water partition coefficient (Wildman–Crippen LogP) is 4.29. The average Bonchev–Trinajstić information content (AvgIpc) is 2.44. The van der Waals surface area contributed by atoms with Gasteiger partial charge in [0, 0.05) is 5.56 Å². The van der Waals surface area contributed by atoms with Crippen LogP contribution in [0.5, 0.6) is 5.75 Å². The Balaban J connectivity index is 2.51. The zero-order valence-electron chi connectivity index (χ0n) is 12.1. The molecule has 0 aliphatic carbocycles. The van der Waals surface area contributed by atoms with Crippen LogP contribution in [0.1, 0.15) is 11.4 Å². The summed E-state index contributed by atoms with van der Waals surface area (Å²) in [6.45, 7) is 0. The Kier molecular flexibility index (Phi) is 4.91. The minimum absolute atomic E-state index is 0.0389. The smallest absolute Gasteiger partial charge is 0.481 e. The lowest BCUT2D eigenvalue weighted by Gasteiger charge is -2.13. The maximum Gasteiger partial charge on any atom is 0.573 e. The van der Waals surface area contributed by atoms with Gasteiger partial charge >= 0.3 is 18.5 Å². The van der Waals surface area contributed by atoms with Gasteiger partial charge in [-0.15, -0.1) is 13.2 Å². The second kappa shape index (κ2) is 6.61. The predicted molar refractivity (Wildman–Crippen MR) is 72.7 cm³/mol. The Morgan fingerprint density at radius 3 is 2.32 bits per heavy atom. The molecule has 0 radical (unpaired) electrons. The highest BCUT2D eigenvalue weighted by atomic mass is 19.4. The maximum atomic E-state index is 12.7. The normalized spacial score (nSPS) is 12.1. The topological polar surface area (TPSA) is 59.4 Å². The summed E-state index contributed by atoms with van der Waals surface area (Å²) in [6.07, 6.45) is -10.6. The van der Waals surface area contributed by atoms with E-state index < -0.39 is 42.1 Å². The van der Waals surface area contributed by atoms with Gasteiger partial charge in [0.25, 0.3) is 0 Å². The van der Waals surface area contributed by atoms with Crippen molar-refractivity contribution in [3.05, 3.63) is 47.8 Å². The molecule has 0 atom stereocenters. The molecule has 0 bridgehead atoms. The molecule has 1 heterocycles. The summed E-state index contributed by atoms with van der Waals surface area (Å²) in [7, 11) is 0. The largest absolute Gasteiger partial charge is 0.573 e. The molecule has 4 nitrogen and oxygen atoms in total. The minimum Gasteiger partial charge on any atom is -0.481 e. The van der Waals surface area contributed by atoms with E-state index in [1.807, 2.05) is 0 Å². The third kappa shape index (κ3) is 5.10. The molecule has 25 heavy (non-hydrogen) atoms. The van der Waals surface area contributed by atoms with E-state index in [1.165, 1.54) is 12.1 Å². The number of nitrogens with zero attached hydrogens (tertiary/aromatic N) is 1. The van der Waals surface area contributed by atoms with Crippen molar-refractivity contribution in [3.63, 3.8) is 0 Å². The van der Waals surface area contributed by atoms with E-state index in [0.717, 1.165) is 18.2 Å². The summed E-state index contributed by atoms with van der Waals surface area (Å²) in [5.41, 5.74) is -1.72. The fourth-order valence-electron chi connectivity index (χ4n) is 2.06. The molecule has 1 aromatic heterocycles. The molecular formula is C15H9F6NO3. The number of benzene rings is 1. The number of ether oxygens (including phenoxy) is 1. The van der Waals surface area contributed by atoms with Gasteiger partial charge in [-0.2, -0.15) is 13.2 Å². The van der Waals surface area contributed by atoms with Crippen molar-refractivity contribution in [2.45, 2.75) is 19.0 Å². The second-order valence-electron chi connectivity index (χ2n) is 4.83. The van der Waals surface area contributed by atoms with Crippen LogP contribution in [0.2, 0.25) is 0 Å². The molecule has 0 saturated heterocycles. The first kappa shape index (κ1) is 18.6. The molecular weight excluding hydrogens is 356 g/mol. The second-order valence-corrected chi connectivity index (χ2v) is 4.83. The molecule has 1 aromatic carbocycles. The number of halogens is 6. The number of hydrogen-bond donors (Lipinski definition) is 1. The van der Waals surface area contributed by atoms with Crippen molar-refractivity contribution in [3.8, 4) is 16.9 Å². The van der Waals surface area contributed by atoms with Gasteiger partial charge in [0.2, 0.25) is 0 Å². The van der Waals surface area contributed by atoms with Gasteiger partial charge in [-0.1, -0.05) is 18.2 Å². The number of rotatable bonds is 4. The number of carboxylic acids is 1. The number of aliphatic carboxylic acids is 1. The molecule has 2 aromatic rings. The molecule has 10 heteroatoms. The molecule has 0 aliphatic heterocycles. The van der Waals surface area contributed by atoms with E-state index in [1.54, 1.807) is 0 Å². The summed E-state index contributed by atoms with van der Waals surface area (Å²) >= 11 is 0.